The zero-order chi connectivity index (χ0) is 27.2. The molecule has 2 heterocycles. The van der Waals surface area contributed by atoms with E-state index in [0.29, 0.717) is 64.2 Å². The fraction of sp³-hybridized carbons (Fsp3) is 0.370. The number of nitro groups is 1. The van der Waals surface area contributed by atoms with Gasteiger partial charge in [-0.3, -0.25) is 14.9 Å². The van der Waals surface area contributed by atoms with Crippen molar-refractivity contribution in [3.63, 3.8) is 0 Å². The number of benzene rings is 2. The molecular weight excluding hydrogens is 524 g/mol. The van der Waals surface area contributed by atoms with Crippen molar-refractivity contribution in [2.75, 3.05) is 44.5 Å². The van der Waals surface area contributed by atoms with Crippen molar-refractivity contribution < 1.29 is 19.2 Å². The van der Waals surface area contributed by atoms with Crippen LogP contribution < -0.4 is 25.4 Å². The third-order valence-electron chi connectivity index (χ3n) is 6.76. The highest BCUT2D eigenvalue weighted by Crippen LogP contribution is 2.34. The molecule has 0 atom stereocenters. The predicted octanol–water partition coefficient (Wildman–Crippen LogP) is 4.39. The Balaban J connectivity index is 0.00000420. The molecule has 2 aromatic carbocycles. The molecule has 0 unspecified atom stereocenters. The summed E-state index contributed by atoms with van der Waals surface area (Å²) in [6.07, 6.45) is 3.95. The maximum atomic E-state index is 12.8. The number of nitrogen functional groups attached to an aromatic ring is 1. The number of hydrogen-bond acceptors (Lipinski definition) is 9. The summed E-state index contributed by atoms with van der Waals surface area (Å²) in [5.41, 5.74) is 8.14. The third-order valence-corrected chi connectivity index (χ3v) is 6.76. The number of aromatic nitrogens is 2. The van der Waals surface area contributed by atoms with Gasteiger partial charge in [0.2, 0.25) is 11.9 Å². The quantitative estimate of drug-likeness (QED) is 0.222. The van der Waals surface area contributed by atoms with Crippen LogP contribution in [0.2, 0.25) is 0 Å². The van der Waals surface area contributed by atoms with Gasteiger partial charge in [0.25, 0.3) is 5.69 Å². The first-order valence-corrected chi connectivity index (χ1v) is 12.5. The highest BCUT2D eigenvalue weighted by molar-refractivity contribution is 5.97. The van der Waals surface area contributed by atoms with Crippen LogP contribution in [0.4, 0.5) is 17.5 Å². The maximum absolute atomic E-state index is 12.8. The van der Waals surface area contributed by atoms with E-state index in [1.54, 1.807) is 44.6 Å². The number of fused-ring (bicyclic) bond motifs is 1. The minimum atomic E-state index is -0.444. The van der Waals surface area contributed by atoms with Gasteiger partial charge in [0.05, 0.1) is 24.7 Å². The summed E-state index contributed by atoms with van der Waals surface area (Å²) in [6.45, 7) is 3.92. The topological polar surface area (TPSA) is 146 Å². The number of piperidine rings is 1. The number of non-ortho nitro benzene ring substituents is 1. The Bertz CT molecular complexity index is 1370. The molecule has 0 radical (unpaired) electrons. The maximum Gasteiger partial charge on any atom is 0.270 e. The molecule has 39 heavy (non-hydrogen) atoms. The largest absolute Gasteiger partial charge is 0.493 e. The van der Waals surface area contributed by atoms with Gasteiger partial charge in [-0.15, -0.1) is 12.4 Å². The van der Waals surface area contributed by atoms with Gasteiger partial charge in [0, 0.05) is 48.8 Å². The fourth-order valence-corrected chi connectivity index (χ4v) is 4.55. The Labute approximate surface area is 233 Å². The van der Waals surface area contributed by atoms with Gasteiger partial charge in [-0.25, -0.2) is 4.98 Å². The number of nitrogens with zero attached hydrogens (tertiary/aromatic N) is 4. The molecule has 1 saturated heterocycles. The number of amides is 1. The van der Waals surface area contributed by atoms with E-state index in [4.69, 9.17) is 20.2 Å². The molecule has 11 nitrogen and oxygen atoms in total. The molecule has 1 fully saturated rings. The molecule has 3 N–H and O–H groups in total. The molecule has 12 heteroatoms. The van der Waals surface area contributed by atoms with Gasteiger partial charge < -0.3 is 25.4 Å². The third kappa shape index (κ3) is 6.85. The van der Waals surface area contributed by atoms with Crippen LogP contribution in [0.5, 0.6) is 11.5 Å². The fourth-order valence-electron chi connectivity index (χ4n) is 4.55. The number of rotatable bonds is 9. The van der Waals surface area contributed by atoms with E-state index in [2.05, 4.69) is 15.2 Å². The van der Waals surface area contributed by atoms with E-state index >= 15 is 0 Å². The van der Waals surface area contributed by atoms with Gasteiger partial charge >= 0.3 is 0 Å². The van der Waals surface area contributed by atoms with Crippen LogP contribution in [-0.2, 0) is 4.79 Å². The lowest BCUT2D eigenvalue weighted by molar-refractivity contribution is -0.384. The number of methoxy groups -OCH3 is 2. The number of nitrogens with two attached hydrogens (primary N) is 1. The van der Waals surface area contributed by atoms with Crippen LogP contribution in [0.1, 0.15) is 31.7 Å². The lowest BCUT2D eigenvalue weighted by atomic mass is 9.96. The Morgan fingerprint density at radius 1 is 1.18 bits per heavy atom. The SMILES string of the molecule is CCC(=Cc1cccc([N+](=O)[O-])c1)C(=O)NCC1CCN(c2nc(N)c3cc(OC)c(OC)cc3n2)CC1.Cl. The molecule has 0 saturated carbocycles. The van der Waals surface area contributed by atoms with Crippen molar-refractivity contribution in [1.29, 1.82) is 0 Å². The molecule has 3 aromatic rings. The zero-order valence-electron chi connectivity index (χ0n) is 22.2. The van der Waals surface area contributed by atoms with E-state index in [1.165, 1.54) is 12.1 Å². The lowest BCUT2D eigenvalue weighted by Gasteiger charge is -2.32. The van der Waals surface area contributed by atoms with Crippen molar-refractivity contribution in [2.45, 2.75) is 26.2 Å². The first kappa shape index (κ1) is 29.4. The number of halogens is 1. The van der Waals surface area contributed by atoms with Crippen molar-refractivity contribution in [1.82, 2.24) is 15.3 Å². The molecule has 4 rings (SSSR count). The minimum absolute atomic E-state index is 0. The van der Waals surface area contributed by atoms with E-state index in [9.17, 15) is 14.9 Å². The van der Waals surface area contributed by atoms with E-state index in [-0.39, 0.29) is 24.0 Å². The van der Waals surface area contributed by atoms with Crippen LogP contribution >= 0.6 is 12.4 Å². The second-order valence-electron chi connectivity index (χ2n) is 9.15. The van der Waals surface area contributed by atoms with E-state index in [1.807, 2.05) is 6.92 Å². The summed E-state index contributed by atoms with van der Waals surface area (Å²) in [6, 6.07) is 9.83. The van der Waals surface area contributed by atoms with Crippen LogP contribution in [0.3, 0.4) is 0 Å². The van der Waals surface area contributed by atoms with Gasteiger partial charge in [0.1, 0.15) is 5.82 Å². The van der Waals surface area contributed by atoms with Crippen molar-refractivity contribution in [2.24, 2.45) is 5.92 Å². The van der Waals surface area contributed by atoms with Gasteiger partial charge in [-0.1, -0.05) is 19.1 Å². The Morgan fingerprint density at radius 2 is 1.87 bits per heavy atom. The van der Waals surface area contributed by atoms with Crippen LogP contribution in [-0.4, -0.2) is 54.7 Å². The zero-order valence-corrected chi connectivity index (χ0v) is 23.0. The smallest absolute Gasteiger partial charge is 0.270 e. The molecule has 0 aliphatic carbocycles. The molecular formula is C27H33ClN6O5. The van der Waals surface area contributed by atoms with Gasteiger partial charge in [-0.05, 0) is 42.9 Å². The number of carbonyl (C=O) groups is 1. The number of ether oxygens (including phenoxy) is 2. The Morgan fingerprint density at radius 3 is 2.51 bits per heavy atom. The van der Waals surface area contributed by atoms with Crippen molar-refractivity contribution in [3.05, 3.63) is 57.6 Å². The summed E-state index contributed by atoms with van der Waals surface area (Å²) in [5, 5.41) is 14.8. The van der Waals surface area contributed by atoms with E-state index < -0.39 is 4.92 Å². The van der Waals surface area contributed by atoms with Gasteiger partial charge in [0.15, 0.2) is 11.5 Å². The summed E-state index contributed by atoms with van der Waals surface area (Å²) >= 11 is 0. The average Bonchev–Trinajstić information content (AvgIpc) is 2.94. The van der Waals surface area contributed by atoms with Crippen molar-refractivity contribution >= 4 is 52.7 Å². The summed E-state index contributed by atoms with van der Waals surface area (Å²) in [4.78, 5) is 34.7. The number of nitrogens with one attached hydrogen (secondary N) is 1. The first-order valence-electron chi connectivity index (χ1n) is 12.5. The molecule has 0 bridgehead atoms. The Hall–Kier alpha value is -4.12. The second-order valence-corrected chi connectivity index (χ2v) is 9.15. The Kier molecular flexibility index (Phi) is 9.89. The van der Waals surface area contributed by atoms with Crippen LogP contribution in [0.15, 0.2) is 42.0 Å². The number of anilines is 2. The lowest BCUT2D eigenvalue weighted by Crippen LogP contribution is -2.39. The summed E-state index contributed by atoms with van der Waals surface area (Å²) < 4.78 is 10.8. The standard InChI is InChI=1S/C27H32N6O5.ClH/c1-4-19(12-18-6-5-7-20(13-18)33(35)36)26(34)29-16-17-8-10-32(11-9-17)27-30-22-15-24(38-3)23(37-2)14-21(22)25(28)31-27;/h5-7,12-15,17H,4,8-11,16H2,1-3H3,(H,29,34)(H2,28,30,31);1H. The molecule has 1 aliphatic heterocycles. The molecule has 1 amide bonds. The normalized spacial score (nSPS) is 14.0. The molecule has 0 spiro atoms. The predicted molar refractivity (Wildman–Crippen MR) is 154 cm³/mol. The average molecular weight is 557 g/mol. The number of carbonyl (C=O) groups excluding carboxylic acids is 1. The monoisotopic (exact) mass is 556 g/mol. The van der Waals surface area contributed by atoms with Crippen LogP contribution in [0, 0.1) is 16.0 Å². The number of hydrogen-bond donors (Lipinski definition) is 2. The highest BCUT2D eigenvalue weighted by Gasteiger charge is 2.23. The molecule has 1 aliphatic rings. The molecule has 1 aromatic heterocycles. The summed E-state index contributed by atoms with van der Waals surface area (Å²) in [5.74, 6) is 2.24. The minimum Gasteiger partial charge on any atom is -0.493 e. The van der Waals surface area contributed by atoms with Crippen molar-refractivity contribution in [3.8, 4) is 11.5 Å². The van der Waals surface area contributed by atoms with E-state index in [0.717, 1.165) is 25.9 Å². The summed E-state index contributed by atoms with van der Waals surface area (Å²) in [7, 11) is 3.14. The number of nitro benzene ring substituents is 1. The first-order chi connectivity index (χ1) is 18.3. The highest BCUT2D eigenvalue weighted by atomic mass is 35.5. The van der Waals surface area contributed by atoms with Crippen LogP contribution in [0.25, 0.3) is 17.0 Å². The molecule has 208 valence electrons. The van der Waals surface area contributed by atoms with Gasteiger partial charge in [-0.2, -0.15) is 4.98 Å². The second kappa shape index (κ2) is 13.1.